The normalized spacial score (nSPS) is 17.6. The molecular formula is C14H13N. The van der Waals surface area contributed by atoms with Gasteiger partial charge in [0.2, 0.25) is 0 Å². The van der Waals surface area contributed by atoms with E-state index >= 15 is 0 Å². The van der Waals surface area contributed by atoms with Crippen molar-refractivity contribution >= 4 is 10.9 Å². The molecule has 0 saturated heterocycles. The van der Waals surface area contributed by atoms with E-state index in [1.54, 1.807) is 0 Å². The Bertz CT molecular complexity index is 565. The molecule has 0 spiro atoms. The summed E-state index contributed by atoms with van der Waals surface area (Å²) in [5.74, 6) is 2.93. The maximum Gasteiger partial charge on any atom is 0.0561 e. The van der Waals surface area contributed by atoms with Crippen LogP contribution in [0.4, 0.5) is 0 Å². The van der Waals surface area contributed by atoms with Crippen LogP contribution in [0.3, 0.4) is 0 Å². The lowest BCUT2D eigenvalue weighted by Crippen LogP contribution is -2.01. The Hall–Kier alpha value is -1.68. The molecule has 0 bridgehead atoms. The molecule has 1 heteroatoms. The highest BCUT2D eigenvalue weighted by molar-refractivity contribution is 5.81. The van der Waals surface area contributed by atoms with Gasteiger partial charge in [0.25, 0.3) is 0 Å². The Morgan fingerprint density at radius 2 is 2.13 bits per heavy atom. The lowest BCUT2D eigenvalue weighted by Gasteiger charge is -2.08. The van der Waals surface area contributed by atoms with Crippen LogP contribution >= 0.6 is 0 Å². The number of aromatic nitrogens is 1. The number of terminal acetylenes is 1. The van der Waals surface area contributed by atoms with Crippen molar-refractivity contribution < 1.29 is 0 Å². The quantitative estimate of drug-likeness (QED) is 0.617. The van der Waals surface area contributed by atoms with Crippen LogP contribution in [-0.4, -0.2) is 4.57 Å². The first-order chi connectivity index (χ1) is 7.25. The third-order valence-corrected chi connectivity index (χ3v) is 3.46. The topological polar surface area (TPSA) is 4.93 Å². The Morgan fingerprint density at radius 1 is 1.33 bits per heavy atom. The van der Waals surface area contributed by atoms with Gasteiger partial charge in [-0.1, -0.05) is 12.0 Å². The highest BCUT2D eigenvalue weighted by Crippen LogP contribution is 2.47. The molecule has 0 atom stereocenters. The zero-order chi connectivity index (χ0) is 10.5. The molecule has 1 aliphatic carbocycles. The van der Waals surface area contributed by atoms with Gasteiger partial charge in [-0.2, -0.15) is 0 Å². The number of benzene rings is 1. The monoisotopic (exact) mass is 195 g/mol. The van der Waals surface area contributed by atoms with Crippen molar-refractivity contribution in [2.45, 2.75) is 18.3 Å². The highest BCUT2D eigenvalue weighted by atomic mass is 14.9. The van der Waals surface area contributed by atoms with E-state index in [4.69, 9.17) is 6.42 Å². The first-order valence-electron chi connectivity index (χ1n) is 5.28. The van der Waals surface area contributed by atoms with Gasteiger partial charge in [0.15, 0.2) is 0 Å². The average Bonchev–Trinajstić information content (AvgIpc) is 2.99. The number of fused-ring (bicyclic) bond motifs is 1. The van der Waals surface area contributed by atoms with Crippen molar-refractivity contribution in [2.24, 2.45) is 7.05 Å². The standard InChI is InChI=1S/C14H13N/c1-3-14(7-8-14)12-4-5-13-11(10-12)6-9-15(13)2/h1,4-6,9-10H,7-8H2,2H3. The molecule has 0 unspecified atom stereocenters. The summed E-state index contributed by atoms with van der Waals surface area (Å²) in [6.45, 7) is 0. The molecule has 0 amide bonds. The lowest BCUT2D eigenvalue weighted by atomic mass is 9.96. The van der Waals surface area contributed by atoms with E-state index in [1.807, 2.05) is 0 Å². The summed E-state index contributed by atoms with van der Waals surface area (Å²) in [5.41, 5.74) is 2.64. The smallest absolute Gasteiger partial charge is 0.0561 e. The minimum Gasteiger partial charge on any atom is -0.351 e. The molecule has 0 radical (unpaired) electrons. The van der Waals surface area contributed by atoms with Crippen molar-refractivity contribution in [3.05, 3.63) is 36.0 Å². The average molecular weight is 195 g/mol. The van der Waals surface area contributed by atoms with Crippen molar-refractivity contribution in [3.8, 4) is 12.3 Å². The molecule has 2 aromatic rings. The molecule has 74 valence electrons. The van der Waals surface area contributed by atoms with E-state index in [-0.39, 0.29) is 5.41 Å². The van der Waals surface area contributed by atoms with Crippen molar-refractivity contribution in [1.29, 1.82) is 0 Å². The fraction of sp³-hybridized carbons (Fsp3) is 0.286. The third-order valence-electron chi connectivity index (χ3n) is 3.46. The molecule has 3 rings (SSSR count). The summed E-state index contributed by atoms with van der Waals surface area (Å²) in [6.07, 6.45) is 9.96. The molecule has 1 saturated carbocycles. The van der Waals surface area contributed by atoms with E-state index in [0.29, 0.717) is 0 Å². The Kier molecular flexibility index (Phi) is 1.53. The van der Waals surface area contributed by atoms with Gasteiger partial charge in [0.1, 0.15) is 0 Å². The summed E-state index contributed by atoms with van der Waals surface area (Å²) in [4.78, 5) is 0. The summed E-state index contributed by atoms with van der Waals surface area (Å²) in [6, 6.07) is 8.73. The zero-order valence-corrected chi connectivity index (χ0v) is 8.83. The molecule has 0 aliphatic heterocycles. The van der Waals surface area contributed by atoms with E-state index in [2.05, 4.69) is 48.0 Å². The molecule has 1 aromatic heterocycles. The molecule has 0 N–H and O–H groups in total. The van der Waals surface area contributed by atoms with E-state index < -0.39 is 0 Å². The van der Waals surface area contributed by atoms with Crippen molar-refractivity contribution in [3.63, 3.8) is 0 Å². The van der Waals surface area contributed by atoms with Crippen molar-refractivity contribution in [2.75, 3.05) is 0 Å². The van der Waals surface area contributed by atoms with Crippen LogP contribution < -0.4 is 0 Å². The minimum absolute atomic E-state index is 0.0596. The van der Waals surface area contributed by atoms with Crippen LogP contribution in [0.25, 0.3) is 10.9 Å². The van der Waals surface area contributed by atoms with Crippen LogP contribution in [0, 0.1) is 12.3 Å². The lowest BCUT2D eigenvalue weighted by molar-refractivity contribution is 0.931. The van der Waals surface area contributed by atoms with Crippen LogP contribution in [0.5, 0.6) is 0 Å². The number of rotatable bonds is 1. The minimum atomic E-state index is 0.0596. The molecule has 1 heterocycles. The number of aryl methyl sites for hydroxylation is 1. The van der Waals surface area contributed by atoms with Crippen molar-refractivity contribution in [1.82, 2.24) is 4.57 Å². The Balaban J connectivity index is 2.20. The van der Waals surface area contributed by atoms with Gasteiger partial charge in [-0.15, -0.1) is 6.42 Å². The predicted molar refractivity (Wildman–Crippen MR) is 62.7 cm³/mol. The third kappa shape index (κ3) is 1.11. The maximum atomic E-state index is 5.59. The second-order valence-electron chi connectivity index (χ2n) is 4.43. The van der Waals surface area contributed by atoms with Gasteiger partial charge in [-0.3, -0.25) is 0 Å². The second kappa shape index (κ2) is 2.67. The number of nitrogens with zero attached hydrogens (tertiary/aromatic N) is 1. The van der Waals surface area contributed by atoms with Crippen LogP contribution in [0.15, 0.2) is 30.5 Å². The molecule has 1 aliphatic rings. The van der Waals surface area contributed by atoms with Gasteiger partial charge in [0, 0.05) is 18.8 Å². The fourth-order valence-electron chi connectivity index (χ4n) is 2.22. The summed E-state index contributed by atoms with van der Waals surface area (Å²) < 4.78 is 2.13. The molecule has 1 aromatic carbocycles. The van der Waals surface area contributed by atoms with Gasteiger partial charge in [0.05, 0.1) is 5.41 Å². The SMILES string of the molecule is C#CC1(c2ccc3c(ccn3C)c2)CC1. The molecule has 15 heavy (non-hydrogen) atoms. The van der Waals surface area contributed by atoms with Crippen LogP contribution in [-0.2, 0) is 12.5 Å². The first-order valence-corrected chi connectivity index (χ1v) is 5.28. The second-order valence-corrected chi connectivity index (χ2v) is 4.43. The van der Waals surface area contributed by atoms with Gasteiger partial charge < -0.3 is 4.57 Å². The first kappa shape index (κ1) is 8.61. The zero-order valence-electron chi connectivity index (χ0n) is 8.83. The van der Waals surface area contributed by atoms with Gasteiger partial charge in [-0.25, -0.2) is 0 Å². The van der Waals surface area contributed by atoms with Crippen LogP contribution in [0.1, 0.15) is 18.4 Å². The molecular weight excluding hydrogens is 182 g/mol. The van der Waals surface area contributed by atoms with Gasteiger partial charge >= 0.3 is 0 Å². The molecule has 1 nitrogen and oxygen atoms in total. The van der Waals surface area contributed by atoms with Crippen LogP contribution in [0.2, 0.25) is 0 Å². The van der Waals surface area contributed by atoms with E-state index in [0.717, 1.165) is 12.8 Å². The number of hydrogen-bond donors (Lipinski definition) is 0. The summed E-state index contributed by atoms with van der Waals surface area (Å²) in [5, 5.41) is 1.29. The van der Waals surface area contributed by atoms with E-state index in [1.165, 1.54) is 16.5 Å². The van der Waals surface area contributed by atoms with Gasteiger partial charge in [-0.05, 0) is 42.0 Å². The largest absolute Gasteiger partial charge is 0.351 e. The number of hydrogen-bond acceptors (Lipinski definition) is 0. The summed E-state index contributed by atoms with van der Waals surface area (Å²) in [7, 11) is 2.07. The predicted octanol–water partition coefficient (Wildman–Crippen LogP) is 2.84. The Labute approximate surface area is 89.7 Å². The summed E-state index contributed by atoms with van der Waals surface area (Å²) >= 11 is 0. The Morgan fingerprint density at radius 3 is 2.80 bits per heavy atom. The molecule has 1 fully saturated rings. The van der Waals surface area contributed by atoms with E-state index in [9.17, 15) is 0 Å². The highest BCUT2D eigenvalue weighted by Gasteiger charge is 2.42. The maximum absolute atomic E-state index is 5.59. The fourth-order valence-corrected chi connectivity index (χ4v) is 2.22.